The molecule has 0 spiro atoms. The number of hydrogen-bond donors (Lipinski definition) is 2. The molecule has 1 fully saturated rings. The number of epoxide rings is 1. The molecule has 3 unspecified atom stereocenters. The third-order valence-electron chi connectivity index (χ3n) is 2.99. The number of nitrogens with one attached hydrogen (secondary N) is 1. The molecule has 1 aliphatic heterocycles. The molecule has 1 heterocycles. The number of ether oxygens (including phenoxy) is 1. The van der Waals surface area contributed by atoms with Crippen LogP contribution in [0.15, 0.2) is 12.2 Å². The van der Waals surface area contributed by atoms with Gasteiger partial charge in [-0.2, -0.15) is 0 Å². The zero-order valence-electron chi connectivity index (χ0n) is 8.89. The maximum atomic E-state index is 11.8. The van der Waals surface area contributed by atoms with Crippen LogP contribution >= 0.6 is 0 Å². The molecule has 1 aliphatic carbocycles. The molecule has 0 bridgehead atoms. The summed E-state index contributed by atoms with van der Waals surface area (Å²) in [5.74, 6) is -2.11. The Morgan fingerprint density at radius 3 is 2.50 bits per heavy atom. The van der Waals surface area contributed by atoms with Crippen molar-refractivity contribution in [2.24, 2.45) is 11.8 Å². The SMILES string of the molecule is O=C(O)C1CC=CCC1C(=O)NCC1CO1. The number of rotatable bonds is 4. The summed E-state index contributed by atoms with van der Waals surface area (Å²) in [7, 11) is 0. The predicted molar refractivity (Wildman–Crippen MR) is 55.7 cm³/mol. The van der Waals surface area contributed by atoms with Crippen molar-refractivity contribution in [2.75, 3.05) is 13.2 Å². The van der Waals surface area contributed by atoms with Crippen molar-refractivity contribution in [1.82, 2.24) is 5.32 Å². The van der Waals surface area contributed by atoms with E-state index in [1.54, 1.807) is 0 Å². The van der Waals surface area contributed by atoms with Gasteiger partial charge in [-0.1, -0.05) is 12.2 Å². The van der Waals surface area contributed by atoms with Gasteiger partial charge in [-0.25, -0.2) is 0 Å². The van der Waals surface area contributed by atoms with Crippen LogP contribution in [0.3, 0.4) is 0 Å². The topological polar surface area (TPSA) is 78.9 Å². The van der Waals surface area contributed by atoms with Crippen LogP contribution in [0.4, 0.5) is 0 Å². The van der Waals surface area contributed by atoms with Crippen LogP contribution in [0.2, 0.25) is 0 Å². The first kappa shape index (κ1) is 11.1. The molecule has 2 aliphatic rings. The quantitative estimate of drug-likeness (QED) is 0.528. The van der Waals surface area contributed by atoms with E-state index in [0.29, 0.717) is 26.0 Å². The monoisotopic (exact) mass is 225 g/mol. The summed E-state index contributed by atoms with van der Waals surface area (Å²) in [5.41, 5.74) is 0. The Bertz CT molecular complexity index is 322. The van der Waals surface area contributed by atoms with Crippen LogP contribution in [-0.4, -0.2) is 36.2 Å². The first-order chi connectivity index (χ1) is 7.68. The molecular formula is C11H15NO4. The van der Waals surface area contributed by atoms with Gasteiger partial charge in [0.2, 0.25) is 5.91 Å². The third kappa shape index (κ3) is 2.61. The predicted octanol–water partition coefficient (Wildman–Crippen LogP) is 0.168. The fourth-order valence-corrected chi connectivity index (χ4v) is 1.91. The normalized spacial score (nSPS) is 32.1. The van der Waals surface area contributed by atoms with E-state index in [0.717, 1.165) is 0 Å². The first-order valence-corrected chi connectivity index (χ1v) is 5.45. The Hall–Kier alpha value is -1.36. The number of carboxylic acids is 1. The summed E-state index contributed by atoms with van der Waals surface area (Å²) < 4.78 is 4.98. The smallest absolute Gasteiger partial charge is 0.307 e. The molecule has 2 N–H and O–H groups in total. The molecule has 5 nitrogen and oxygen atoms in total. The van der Waals surface area contributed by atoms with E-state index >= 15 is 0 Å². The zero-order valence-corrected chi connectivity index (χ0v) is 8.89. The van der Waals surface area contributed by atoms with E-state index in [-0.39, 0.29) is 12.0 Å². The molecule has 0 radical (unpaired) electrons. The van der Waals surface area contributed by atoms with Crippen LogP contribution in [0.5, 0.6) is 0 Å². The second kappa shape index (κ2) is 4.65. The fourth-order valence-electron chi connectivity index (χ4n) is 1.91. The van der Waals surface area contributed by atoms with Gasteiger partial charge in [-0.3, -0.25) is 9.59 Å². The van der Waals surface area contributed by atoms with E-state index in [1.807, 2.05) is 12.2 Å². The Labute approximate surface area is 93.5 Å². The number of hydrogen-bond acceptors (Lipinski definition) is 3. The summed E-state index contributed by atoms with van der Waals surface area (Å²) >= 11 is 0. The lowest BCUT2D eigenvalue weighted by Crippen LogP contribution is -2.40. The van der Waals surface area contributed by atoms with Crippen LogP contribution in [0.25, 0.3) is 0 Å². The molecular weight excluding hydrogens is 210 g/mol. The highest BCUT2D eigenvalue weighted by atomic mass is 16.6. The van der Waals surface area contributed by atoms with Crippen molar-refractivity contribution in [3.8, 4) is 0 Å². The van der Waals surface area contributed by atoms with Gasteiger partial charge in [0, 0.05) is 6.54 Å². The summed E-state index contributed by atoms with van der Waals surface area (Å²) in [4.78, 5) is 22.8. The molecule has 2 rings (SSSR count). The molecule has 3 atom stereocenters. The number of allylic oxidation sites excluding steroid dienone is 2. The Kier molecular flexibility index (Phi) is 3.24. The van der Waals surface area contributed by atoms with E-state index < -0.39 is 17.8 Å². The van der Waals surface area contributed by atoms with Crippen molar-refractivity contribution in [2.45, 2.75) is 18.9 Å². The Morgan fingerprint density at radius 2 is 1.94 bits per heavy atom. The molecule has 88 valence electrons. The van der Waals surface area contributed by atoms with E-state index in [1.165, 1.54) is 0 Å². The van der Waals surface area contributed by atoms with E-state index in [2.05, 4.69) is 5.32 Å². The summed E-state index contributed by atoms with van der Waals surface area (Å²) in [5, 5.41) is 11.7. The van der Waals surface area contributed by atoms with Gasteiger partial charge < -0.3 is 15.2 Å². The van der Waals surface area contributed by atoms with Gasteiger partial charge in [-0.15, -0.1) is 0 Å². The highest BCUT2D eigenvalue weighted by molar-refractivity contribution is 5.85. The van der Waals surface area contributed by atoms with Crippen molar-refractivity contribution < 1.29 is 19.4 Å². The maximum Gasteiger partial charge on any atom is 0.307 e. The maximum absolute atomic E-state index is 11.8. The second-order valence-corrected chi connectivity index (χ2v) is 4.19. The highest BCUT2D eigenvalue weighted by Crippen LogP contribution is 2.26. The van der Waals surface area contributed by atoms with Crippen molar-refractivity contribution >= 4 is 11.9 Å². The summed E-state index contributed by atoms with van der Waals surface area (Å²) in [6.45, 7) is 1.18. The molecule has 16 heavy (non-hydrogen) atoms. The number of aliphatic carboxylic acids is 1. The van der Waals surface area contributed by atoms with Gasteiger partial charge in [0.25, 0.3) is 0 Å². The van der Waals surface area contributed by atoms with Gasteiger partial charge >= 0.3 is 5.97 Å². The van der Waals surface area contributed by atoms with Gasteiger partial charge in [-0.05, 0) is 12.8 Å². The van der Waals surface area contributed by atoms with Crippen LogP contribution in [0.1, 0.15) is 12.8 Å². The van der Waals surface area contributed by atoms with Gasteiger partial charge in [0.1, 0.15) is 0 Å². The van der Waals surface area contributed by atoms with Crippen molar-refractivity contribution in [3.63, 3.8) is 0 Å². The van der Waals surface area contributed by atoms with Crippen LogP contribution in [-0.2, 0) is 14.3 Å². The summed E-state index contributed by atoms with van der Waals surface area (Å²) in [6.07, 6.45) is 4.78. The van der Waals surface area contributed by atoms with Crippen molar-refractivity contribution in [3.05, 3.63) is 12.2 Å². The highest BCUT2D eigenvalue weighted by Gasteiger charge is 2.34. The van der Waals surface area contributed by atoms with Crippen LogP contribution < -0.4 is 5.32 Å². The molecule has 1 amide bonds. The van der Waals surface area contributed by atoms with Crippen LogP contribution in [0, 0.1) is 11.8 Å². The Morgan fingerprint density at radius 1 is 1.31 bits per heavy atom. The number of carbonyl (C=O) groups excluding carboxylic acids is 1. The lowest BCUT2D eigenvalue weighted by molar-refractivity contribution is -0.147. The zero-order chi connectivity index (χ0) is 11.5. The number of carboxylic acid groups (broad SMARTS) is 1. The second-order valence-electron chi connectivity index (χ2n) is 4.19. The van der Waals surface area contributed by atoms with Gasteiger partial charge in [0.15, 0.2) is 0 Å². The molecule has 0 saturated carbocycles. The average molecular weight is 225 g/mol. The molecule has 1 saturated heterocycles. The van der Waals surface area contributed by atoms with Crippen molar-refractivity contribution in [1.29, 1.82) is 0 Å². The van der Waals surface area contributed by atoms with E-state index in [9.17, 15) is 9.59 Å². The van der Waals surface area contributed by atoms with E-state index in [4.69, 9.17) is 9.84 Å². The minimum absolute atomic E-state index is 0.131. The summed E-state index contributed by atoms with van der Waals surface area (Å²) in [6, 6.07) is 0. The fraction of sp³-hybridized carbons (Fsp3) is 0.636. The molecule has 5 heteroatoms. The largest absolute Gasteiger partial charge is 0.481 e. The minimum Gasteiger partial charge on any atom is -0.481 e. The Balaban J connectivity index is 1.90. The third-order valence-corrected chi connectivity index (χ3v) is 2.99. The average Bonchev–Trinajstić information content (AvgIpc) is 3.09. The number of carbonyl (C=O) groups is 2. The molecule has 0 aromatic heterocycles. The number of amides is 1. The lowest BCUT2D eigenvalue weighted by atomic mass is 9.82. The van der Waals surface area contributed by atoms with Gasteiger partial charge in [0.05, 0.1) is 24.5 Å². The molecule has 0 aromatic carbocycles. The standard InChI is InChI=1S/C11H15NO4/c13-10(12-5-7-6-16-7)8-3-1-2-4-9(8)11(14)15/h1-2,7-9H,3-6H2,(H,12,13)(H,14,15). The lowest BCUT2D eigenvalue weighted by Gasteiger charge is -2.23. The minimum atomic E-state index is -0.896. The molecule has 0 aromatic rings. The first-order valence-electron chi connectivity index (χ1n) is 5.45.